The first kappa shape index (κ1) is 13.8. The van der Waals surface area contributed by atoms with E-state index in [1.54, 1.807) is 6.26 Å². The van der Waals surface area contributed by atoms with Crippen LogP contribution in [0.15, 0.2) is 43.9 Å². The number of benzene rings is 1. The van der Waals surface area contributed by atoms with Crippen molar-refractivity contribution < 1.29 is 4.42 Å². The van der Waals surface area contributed by atoms with Crippen molar-refractivity contribution in [2.24, 2.45) is 0 Å². The summed E-state index contributed by atoms with van der Waals surface area (Å²) in [6, 6.07) is 8.31. The van der Waals surface area contributed by atoms with Gasteiger partial charge in [-0.15, -0.1) is 0 Å². The maximum absolute atomic E-state index is 5.60. The van der Waals surface area contributed by atoms with Crippen molar-refractivity contribution >= 4 is 31.9 Å². The summed E-state index contributed by atoms with van der Waals surface area (Å²) >= 11 is 7.14. The Morgan fingerprint density at radius 2 is 2.00 bits per heavy atom. The smallest absolute Gasteiger partial charge is 0.139 e. The molecule has 2 nitrogen and oxygen atoms in total. The van der Waals surface area contributed by atoms with Crippen LogP contribution in [0, 0.1) is 6.92 Å². The van der Waals surface area contributed by atoms with Gasteiger partial charge in [0.1, 0.15) is 5.76 Å². The number of hydrogen-bond acceptors (Lipinski definition) is 2. The second-order valence-electron chi connectivity index (χ2n) is 4.15. The van der Waals surface area contributed by atoms with Crippen LogP contribution in [0.1, 0.15) is 29.9 Å². The lowest BCUT2D eigenvalue weighted by Crippen LogP contribution is -2.22. The van der Waals surface area contributed by atoms with E-state index >= 15 is 0 Å². The fourth-order valence-electron chi connectivity index (χ4n) is 1.94. The molecule has 2 rings (SSSR count). The summed E-state index contributed by atoms with van der Waals surface area (Å²) in [5.74, 6) is 0.906. The van der Waals surface area contributed by atoms with Gasteiger partial charge in [-0.3, -0.25) is 0 Å². The summed E-state index contributed by atoms with van der Waals surface area (Å²) in [7, 11) is 0. The SMILES string of the molecule is CCNC(c1cc(C)ccc1Br)c1occc1Br. The zero-order valence-electron chi connectivity index (χ0n) is 10.3. The maximum Gasteiger partial charge on any atom is 0.139 e. The van der Waals surface area contributed by atoms with Crippen LogP contribution in [0.4, 0.5) is 0 Å². The van der Waals surface area contributed by atoms with E-state index in [2.05, 4.69) is 69.2 Å². The van der Waals surface area contributed by atoms with E-state index in [-0.39, 0.29) is 6.04 Å². The summed E-state index contributed by atoms with van der Waals surface area (Å²) in [5, 5.41) is 3.46. The van der Waals surface area contributed by atoms with E-state index in [4.69, 9.17) is 4.42 Å². The number of halogens is 2. The molecule has 18 heavy (non-hydrogen) atoms. The highest BCUT2D eigenvalue weighted by atomic mass is 79.9. The molecule has 0 spiro atoms. The topological polar surface area (TPSA) is 25.2 Å². The van der Waals surface area contributed by atoms with E-state index in [1.165, 1.54) is 11.1 Å². The van der Waals surface area contributed by atoms with Crippen LogP contribution in [0.2, 0.25) is 0 Å². The average molecular weight is 373 g/mol. The van der Waals surface area contributed by atoms with Gasteiger partial charge in [0, 0.05) is 4.47 Å². The maximum atomic E-state index is 5.60. The lowest BCUT2D eigenvalue weighted by atomic mass is 10.0. The Labute approximate surface area is 124 Å². The fourth-order valence-corrected chi connectivity index (χ4v) is 2.85. The summed E-state index contributed by atoms with van der Waals surface area (Å²) in [4.78, 5) is 0. The minimum absolute atomic E-state index is 0.0497. The van der Waals surface area contributed by atoms with Crippen LogP contribution < -0.4 is 5.32 Å². The Morgan fingerprint density at radius 1 is 1.22 bits per heavy atom. The van der Waals surface area contributed by atoms with Crippen LogP contribution in [0.3, 0.4) is 0 Å². The first-order chi connectivity index (χ1) is 8.63. The van der Waals surface area contributed by atoms with Gasteiger partial charge in [-0.1, -0.05) is 40.5 Å². The third-order valence-corrected chi connectivity index (χ3v) is 4.16. The number of hydrogen-bond donors (Lipinski definition) is 1. The van der Waals surface area contributed by atoms with E-state index in [0.29, 0.717) is 0 Å². The molecule has 0 aliphatic rings. The molecule has 1 atom stereocenters. The Bertz CT molecular complexity index is 536. The quantitative estimate of drug-likeness (QED) is 0.832. The first-order valence-electron chi connectivity index (χ1n) is 5.85. The summed E-state index contributed by atoms with van der Waals surface area (Å²) in [6.45, 7) is 5.06. The molecule has 1 heterocycles. The van der Waals surface area contributed by atoms with Crippen molar-refractivity contribution in [3.63, 3.8) is 0 Å². The summed E-state index contributed by atoms with van der Waals surface area (Å²) < 4.78 is 7.67. The van der Waals surface area contributed by atoms with Gasteiger partial charge in [0.2, 0.25) is 0 Å². The number of aryl methyl sites for hydroxylation is 1. The van der Waals surface area contributed by atoms with Crippen LogP contribution in [-0.2, 0) is 0 Å². The molecule has 1 unspecified atom stereocenters. The van der Waals surface area contributed by atoms with Gasteiger partial charge in [0.25, 0.3) is 0 Å². The highest BCUT2D eigenvalue weighted by molar-refractivity contribution is 9.10. The minimum Gasteiger partial charge on any atom is -0.466 e. The molecule has 96 valence electrons. The lowest BCUT2D eigenvalue weighted by molar-refractivity contribution is 0.449. The van der Waals surface area contributed by atoms with Crippen molar-refractivity contribution in [1.82, 2.24) is 5.32 Å². The van der Waals surface area contributed by atoms with Crippen molar-refractivity contribution in [1.29, 1.82) is 0 Å². The zero-order chi connectivity index (χ0) is 13.1. The Balaban J connectivity index is 2.48. The number of nitrogens with one attached hydrogen (secondary N) is 1. The van der Waals surface area contributed by atoms with Gasteiger partial charge < -0.3 is 9.73 Å². The van der Waals surface area contributed by atoms with Crippen LogP contribution >= 0.6 is 31.9 Å². The fraction of sp³-hybridized carbons (Fsp3) is 0.286. The van der Waals surface area contributed by atoms with E-state index in [1.807, 2.05) is 6.07 Å². The molecule has 0 radical (unpaired) electrons. The molecule has 0 amide bonds. The second-order valence-corrected chi connectivity index (χ2v) is 5.86. The molecule has 0 saturated carbocycles. The molecule has 1 aromatic heterocycles. The van der Waals surface area contributed by atoms with Gasteiger partial charge in [0.15, 0.2) is 0 Å². The Kier molecular flexibility index (Phi) is 4.65. The van der Waals surface area contributed by atoms with Crippen LogP contribution in [0.5, 0.6) is 0 Å². The molecule has 1 N–H and O–H groups in total. The predicted octanol–water partition coefficient (Wildman–Crippen LogP) is 4.81. The molecule has 0 aliphatic carbocycles. The zero-order valence-corrected chi connectivity index (χ0v) is 13.5. The normalized spacial score (nSPS) is 12.7. The van der Waals surface area contributed by atoms with Gasteiger partial charge >= 0.3 is 0 Å². The second kappa shape index (κ2) is 6.04. The first-order valence-corrected chi connectivity index (χ1v) is 7.44. The van der Waals surface area contributed by atoms with Gasteiger partial charge in [0.05, 0.1) is 16.8 Å². The van der Waals surface area contributed by atoms with Gasteiger partial charge in [-0.05, 0) is 47.1 Å². The molecule has 2 aromatic rings. The van der Waals surface area contributed by atoms with Gasteiger partial charge in [-0.2, -0.15) is 0 Å². The molecule has 4 heteroatoms. The Hall–Kier alpha value is -0.580. The highest BCUT2D eigenvalue weighted by Gasteiger charge is 2.21. The standard InChI is InChI=1S/C14H15Br2NO/c1-3-17-13(14-12(16)6-7-18-14)10-8-9(2)4-5-11(10)15/h4-8,13,17H,3H2,1-2H3. The molecule has 0 fully saturated rings. The van der Waals surface area contributed by atoms with Crippen LogP contribution in [-0.4, -0.2) is 6.54 Å². The van der Waals surface area contributed by atoms with E-state index in [0.717, 1.165) is 21.3 Å². The van der Waals surface area contributed by atoms with Crippen molar-refractivity contribution in [3.8, 4) is 0 Å². The average Bonchev–Trinajstić information content (AvgIpc) is 2.76. The van der Waals surface area contributed by atoms with E-state index < -0.39 is 0 Å². The van der Waals surface area contributed by atoms with Crippen molar-refractivity contribution in [2.45, 2.75) is 19.9 Å². The predicted molar refractivity (Wildman–Crippen MR) is 80.8 cm³/mol. The van der Waals surface area contributed by atoms with Crippen LogP contribution in [0.25, 0.3) is 0 Å². The van der Waals surface area contributed by atoms with Crippen molar-refractivity contribution in [2.75, 3.05) is 6.54 Å². The largest absolute Gasteiger partial charge is 0.466 e. The van der Waals surface area contributed by atoms with Gasteiger partial charge in [-0.25, -0.2) is 0 Å². The number of furan rings is 1. The lowest BCUT2D eigenvalue weighted by Gasteiger charge is -2.18. The summed E-state index contributed by atoms with van der Waals surface area (Å²) in [6.07, 6.45) is 1.70. The molecular formula is C14H15Br2NO. The number of rotatable bonds is 4. The third-order valence-electron chi connectivity index (χ3n) is 2.78. The molecular weight excluding hydrogens is 358 g/mol. The molecule has 1 aromatic carbocycles. The summed E-state index contributed by atoms with van der Waals surface area (Å²) in [5.41, 5.74) is 2.42. The highest BCUT2D eigenvalue weighted by Crippen LogP contribution is 2.33. The molecule has 0 aliphatic heterocycles. The monoisotopic (exact) mass is 371 g/mol. The van der Waals surface area contributed by atoms with Crippen molar-refractivity contribution in [3.05, 3.63) is 56.4 Å². The Morgan fingerprint density at radius 3 is 2.61 bits per heavy atom. The van der Waals surface area contributed by atoms with E-state index in [9.17, 15) is 0 Å². The molecule has 0 saturated heterocycles. The molecule has 0 bridgehead atoms. The third kappa shape index (κ3) is 2.87. The minimum atomic E-state index is 0.0497.